The van der Waals surface area contributed by atoms with E-state index in [0.717, 1.165) is 29.1 Å². The second kappa shape index (κ2) is 8.72. The number of nitrogens with one attached hydrogen (secondary N) is 1. The minimum absolute atomic E-state index is 0.184. The van der Waals surface area contributed by atoms with Gasteiger partial charge in [0.05, 0.1) is 15.6 Å². The second-order valence-electron chi connectivity index (χ2n) is 8.12. The van der Waals surface area contributed by atoms with Gasteiger partial charge in [0.15, 0.2) is 5.01 Å². The molecule has 2 unspecified atom stereocenters. The lowest BCUT2D eigenvalue weighted by atomic mass is 10.0. The summed E-state index contributed by atoms with van der Waals surface area (Å²) in [5, 5.41) is 4.15. The predicted octanol–water partition coefficient (Wildman–Crippen LogP) is 6.81. The highest BCUT2D eigenvalue weighted by atomic mass is 35.5. The Bertz CT molecular complexity index is 1120. The first-order valence-corrected chi connectivity index (χ1v) is 12.2. The monoisotopic (exact) mass is 491 g/mol. The molecule has 1 saturated heterocycles. The zero-order valence-corrected chi connectivity index (χ0v) is 19.7. The zero-order chi connectivity index (χ0) is 21.5. The number of carbonyl (C=O) groups excluding carboxylic acids is 1. The van der Waals surface area contributed by atoms with Crippen molar-refractivity contribution in [3.05, 3.63) is 62.5 Å². The van der Waals surface area contributed by atoms with Crippen molar-refractivity contribution in [2.45, 2.75) is 19.3 Å². The van der Waals surface area contributed by atoms with E-state index in [2.05, 4.69) is 10.4 Å². The van der Waals surface area contributed by atoms with Gasteiger partial charge in [-0.15, -0.1) is 11.3 Å². The van der Waals surface area contributed by atoms with Gasteiger partial charge in [0.25, 0.3) is 5.91 Å². The van der Waals surface area contributed by atoms with Crippen molar-refractivity contribution in [1.82, 2.24) is 15.4 Å². The Morgan fingerprint density at radius 1 is 1.00 bits per heavy atom. The molecular formula is C23H20Cl3N3OS. The Balaban J connectivity index is 1.48. The number of rotatable bonds is 4. The number of amides is 1. The molecular weight excluding hydrogens is 473 g/mol. The molecule has 1 amide bonds. The molecule has 3 aromatic rings. The van der Waals surface area contributed by atoms with Gasteiger partial charge in [-0.3, -0.25) is 10.2 Å². The number of halogens is 3. The van der Waals surface area contributed by atoms with E-state index in [0.29, 0.717) is 37.6 Å². The van der Waals surface area contributed by atoms with E-state index < -0.39 is 0 Å². The Morgan fingerprint density at radius 2 is 1.68 bits per heavy atom. The van der Waals surface area contributed by atoms with Gasteiger partial charge < -0.3 is 0 Å². The normalized spacial score (nSPS) is 20.7. The van der Waals surface area contributed by atoms with Crippen LogP contribution in [0.15, 0.2) is 42.5 Å². The summed E-state index contributed by atoms with van der Waals surface area (Å²) < 4.78 is 0. The van der Waals surface area contributed by atoms with Crippen molar-refractivity contribution in [1.29, 1.82) is 0 Å². The summed E-state index contributed by atoms with van der Waals surface area (Å²) in [6, 6.07) is 12.8. The fourth-order valence-corrected chi connectivity index (χ4v) is 6.19. The Morgan fingerprint density at radius 3 is 2.35 bits per heavy atom. The minimum atomic E-state index is -0.184. The topological polar surface area (TPSA) is 45.2 Å². The summed E-state index contributed by atoms with van der Waals surface area (Å²) in [6.45, 7) is 1.84. The fourth-order valence-electron chi connectivity index (χ4n) is 4.60. The van der Waals surface area contributed by atoms with Crippen molar-refractivity contribution >= 4 is 52.0 Å². The number of thiazole rings is 1. The third-order valence-corrected chi connectivity index (χ3v) is 8.00. The second-order valence-corrected chi connectivity index (χ2v) is 10.4. The van der Waals surface area contributed by atoms with Gasteiger partial charge in [-0.25, -0.2) is 9.99 Å². The maximum absolute atomic E-state index is 13.1. The summed E-state index contributed by atoms with van der Waals surface area (Å²) in [5.74, 6) is 1.21. The summed E-state index contributed by atoms with van der Waals surface area (Å²) in [7, 11) is 0. The molecule has 2 aliphatic rings. The van der Waals surface area contributed by atoms with Crippen LogP contribution in [0.25, 0.3) is 21.7 Å². The van der Waals surface area contributed by atoms with E-state index in [1.54, 1.807) is 12.1 Å². The molecule has 0 spiro atoms. The largest absolute Gasteiger partial charge is 0.294 e. The van der Waals surface area contributed by atoms with Crippen molar-refractivity contribution < 1.29 is 4.79 Å². The molecule has 2 atom stereocenters. The lowest BCUT2D eigenvalue weighted by molar-refractivity contribution is 0.0814. The Labute approximate surface area is 200 Å². The van der Waals surface area contributed by atoms with Gasteiger partial charge in [-0.1, -0.05) is 53.4 Å². The lowest BCUT2D eigenvalue weighted by Crippen LogP contribution is -2.41. The molecule has 1 aliphatic heterocycles. The number of hydrogen-bond acceptors (Lipinski definition) is 4. The fraction of sp³-hybridized carbons (Fsp3) is 0.304. The molecule has 2 heterocycles. The van der Waals surface area contributed by atoms with Crippen molar-refractivity contribution in [2.75, 3.05) is 13.1 Å². The first-order valence-electron chi connectivity index (χ1n) is 10.3. The van der Waals surface area contributed by atoms with E-state index in [-0.39, 0.29) is 5.91 Å². The number of aromatic nitrogens is 1. The van der Waals surface area contributed by atoms with Crippen molar-refractivity contribution in [3.63, 3.8) is 0 Å². The summed E-state index contributed by atoms with van der Waals surface area (Å²) in [4.78, 5) is 18.6. The maximum atomic E-state index is 13.1. The molecule has 1 saturated carbocycles. The predicted molar refractivity (Wildman–Crippen MR) is 128 cm³/mol. The quantitative estimate of drug-likeness (QED) is 0.435. The average molecular weight is 493 g/mol. The van der Waals surface area contributed by atoms with Crippen LogP contribution in [0.4, 0.5) is 0 Å². The molecule has 5 rings (SSSR count). The molecule has 1 aliphatic carbocycles. The highest BCUT2D eigenvalue weighted by Crippen LogP contribution is 2.41. The van der Waals surface area contributed by atoms with E-state index in [9.17, 15) is 4.79 Å². The zero-order valence-electron chi connectivity index (χ0n) is 16.6. The van der Waals surface area contributed by atoms with E-state index in [1.807, 2.05) is 30.3 Å². The van der Waals surface area contributed by atoms with E-state index in [1.165, 1.54) is 30.6 Å². The van der Waals surface area contributed by atoms with Crippen LogP contribution in [0, 0.1) is 11.8 Å². The van der Waals surface area contributed by atoms with Gasteiger partial charge in [0, 0.05) is 28.7 Å². The Kier molecular flexibility index (Phi) is 5.97. The van der Waals surface area contributed by atoms with Crippen LogP contribution in [-0.2, 0) is 0 Å². The first kappa shape index (κ1) is 21.2. The van der Waals surface area contributed by atoms with E-state index in [4.69, 9.17) is 39.8 Å². The number of fused-ring (bicyclic) bond motifs is 1. The Hall–Kier alpha value is -1.63. The molecule has 4 nitrogen and oxygen atoms in total. The first-order chi connectivity index (χ1) is 15.0. The minimum Gasteiger partial charge on any atom is -0.283 e. The van der Waals surface area contributed by atoms with Gasteiger partial charge in [0.2, 0.25) is 0 Å². The van der Waals surface area contributed by atoms with Gasteiger partial charge >= 0.3 is 0 Å². The third-order valence-electron chi connectivity index (χ3n) is 6.10. The number of benzene rings is 2. The van der Waals surface area contributed by atoms with Crippen LogP contribution in [0.5, 0.6) is 0 Å². The molecule has 160 valence electrons. The molecule has 0 bridgehead atoms. The van der Waals surface area contributed by atoms with Gasteiger partial charge in [-0.2, -0.15) is 0 Å². The van der Waals surface area contributed by atoms with Crippen LogP contribution >= 0.6 is 46.1 Å². The van der Waals surface area contributed by atoms with Crippen LogP contribution in [-0.4, -0.2) is 29.0 Å². The van der Waals surface area contributed by atoms with Gasteiger partial charge in [0.1, 0.15) is 0 Å². The summed E-state index contributed by atoms with van der Waals surface area (Å²) >= 11 is 20.0. The smallest absolute Gasteiger partial charge is 0.283 e. The van der Waals surface area contributed by atoms with E-state index >= 15 is 0 Å². The molecule has 1 N–H and O–H groups in total. The van der Waals surface area contributed by atoms with Crippen LogP contribution in [0.1, 0.15) is 29.1 Å². The number of hydrazine groups is 1. The molecule has 31 heavy (non-hydrogen) atoms. The number of hydrogen-bond donors (Lipinski definition) is 1. The average Bonchev–Trinajstić information content (AvgIpc) is 3.43. The highest BCUT2D eigenvalue weighted by Gasteiger charge is 2.37. The SMILES string of the molecule is O=C(NN1CC2CCCC2C1)c1nc(-c2ccc(Cl)cc2Cl)c(-c2ccc(Cl)cc2)s1. The van der Waals surface area contributed by atoms with Crippen LogP contribution in [0.2, 0.25) is 15.1 Å². The molecule has 8 heteroatoms. The summed E-state index contributed by atoms with van der Waals surface area (Å²) in [6.07, 6.45) is 3.82. The number of nitrogens with zero attached hydrogens (tertiary/aromatic N) is 2. The maximum Gasteiger partial charge on any atom is 0.294 e. The number of carbonyl (C=O) groups is 1. The standard InChI is InChI=1S/C23H20Cl3N3OS/c24-16-6-4-13(5-7-16)21-20(18-9-8-17(25)10-19(18)26)27-23(31-21)22(30)28-29-11-14-2-1-3-15(14)12-29/h4-10,14-15H,1-3,11-12H2,(H,28,30). The highest BCUT2D eigenvalue weighted by molar-refractivity contribution is 7.17. The third kappa shape index (κ3) is 4.35. The lowest BCUT2D eigenvalue weighted by Gasteiger charge is -2.17. The van der Waals surface area contributed by atoms with Crippen LogP contribution < -0.4 is 5.43 Å². The summed E-state index contributed by atoms with van der Waals surface area (Å²) in [5.41, 5.74) is 5.40. The molecule has 1 aromatic heterocycles. The van der Waals surface area contributed by atoms with Crippen molar-refractivity contribution in [2.24, 2.45) is 11.8 Å². The molecule has 2 aromatic carbocycles. The van der Waals surface area contributed by atoms with Crippen LogP contribution in [0.3, 0.4) is 0 Å². The van der Waals surface area contributed by atoms with Crippen molar-refractivity contribution in [3.8, 4) is 21.7 Å². The molecule has 0 radical (unpaired) electrons. The van der Waals surface area contributed by atoms with Gasteiger partial charge in [-0.05, 0) is 60.6 Å². The molecule has 2 fully saturated rings.